The Bertz CT molecular complexity index is 1020. The molecule has 8 heteroatoms. The molecule has 1 aromatic heterocycles. The van der Waals surface area contributed by atoms with Gasteiger partial charge in [0, 0.05) is 18.8 Å². The number of ether oxygens (including phenoxy) is 1. The zero-order chi connectivity index (χ0) is 22.2. The van der Waals surface area contributed by atoms with Gasteiger partial charge >= 0.3 is 11.8 Å². The molecular formula is C24H26N4O4. The van der Waals surface area contributed by atoms with E-state index in [1.165, 1.54) is 11.8 Å². The zero-order valence-electron chi connectivity index (χ0n) is 17.8. The van der Waals surface area contributed by atoms with Crippen molar-refractivity contribution in [2.45, 2.75) is 19.4 Å². The van der Waals surface area contributed by atoms with Gasteiger partial charge in [-0.25, -0.2) is 5.43 Å². The van der Waals surface area contributed by atoms with Crippen LogP contribution in [-0.4, -0.2) is 49.2 Å². The smallest absolute Gasteiger partial charge is 0.329 e. The van der Waals surface area contributed by atoms with Crippen LogP contribution in [0.25, 0.3) is 6.08 Å². The van der Waals surface area contributed by atoms with Gasteiger partial charge in [0.2, 0.25) is 0 Å². The van der Waals surface area contributed by atoms with E-state index in [1.54, 1.807) is 18.3 Å². The number of allylic oxidation sites excluding steroid dienone is 2. The number of morpholine rings is 1. The topological polar surface area (TPSA) is 96.2 Å². The summed E-state index contributed by atoms with van der Waals surface area (Å²) in [6, 6.07) is 13.6. The van der Waals surface area contributed by atoms with Crippen LogP contribution in [0.4, 0.5) is 0 Å². The Morgan fingerprint density at radius 2 is 1.84 bits per heavy atom. The highest BCUT2D eigenvalue weighted by atomic mass is 16.5. The van der Waals surface area contributed by atoms with E-state index in [1.807, 2.05) is 18.2 Å². The number of hydrogen-bond donors (Lipinski definition) is 2. The summed E-state index contributed by atoms with van der Waals surface area (Å²) in [6.07, 6.45) is 7.06. The highest BCUT2D eigenvalue weighted by molar-refractivity contribution is 6.35. The van der Waals surface area contributed by atoms with Gasteiger partial charge in [0.25, 0.3) is 0 Å². The maximum absolute atomic E-state index is 12.0. The molecule has 0 atom stereocenters. The monoisotopic (exact) mass is 434 g/mol. The summed E-state index contributed by atoms with van der Waals surface area (Å²) in [5.74, 6) is -1.02. The van der Waals surface area contributed by atoms with Crippen LogP contribution in [0.1, 0.15) is 24.2 Å². The molecule has 2 amide bonds. The molecule has 1 aliphatic carbocycles. The van der Waals surface area contributed by atoms with Gasteiger partial charge in [-0.3, -0.25) is 9.59 Å². The minimum absolute atomic E-state index is 0.142. The van der Waals surface area contributed by atoms with Crippen molar-refractivity contribution >= 4 is 24.1 Å². The average Bonchev–Trinajstić information content (AvgIpc) is 3.49. The highest BCUT2D eigenvalue weighted by Gasteiger charge is 2.25. The van der Waals surface area contributed by atoms with Crippen molar-refractivity contribution in [3.63, 3.8) is 0 Å². The van der Waals surface area contributed by atoms with E-state index in [4.69, 9.17) is 9.15 Å². The van der Waals surface area contributed by atoms with Gasteiger partial charge in [-0.2, -0.15) is 5.10 Å². The van der Waals surface area contributed by atoms with Gasteiger partial charge in [0.05, 0.1) is 32.2 Å². The summed E-state index contributed by atoms with van der Waals surface area (Å²) in [6.45, 7) is 3.11. The van der Waals surface area contributed by atoms with Gasteiger partial charge in [-0.1, -0.05) is 30.3 Å². The third-order valence-electron chi connectivity index (χ3n) is 5.34. The first-order chi connectivity index (χ1) is 15.7. The minimum atomic E-state index is -0.820. The summed E-state index contributed by atoms with van der Waals surface area (Å²) in [4.78, 5) is 26.3. The number of carbonyl (C=O) groups excluding carboxylic acids is 2. The molecule has 0 spiro atoms. The Kier molecular flexibility index (Phi) is 7.14. The number of nitrogens with zero attached hydrogens (tertiary/aromatic N) is 2. The van der Waals surface area contributed by atoms with E-state index < -0.39 is 11.8 Å². The lowest BCUT2D eigenvalue weighted by atomic mass is 10.1. The van der Waals surface area contributed by atoms with Crippen molar-refractivity contribution in [1.82, 2.24) is 15.6 Å². The number of hydrogen-bond acceptors (Lipinski definition) is 6. The van der Waals surface area contributed by atoms with Gasteiger partial charge in [-0.15, -0.1) is 0 Å². The molecule has 1 aromatic carbocycles. The number of nitrogens with one attached hydrogen (secondary N) is 2. The van der Waals surface area contributed by atoms with Crippen LogP contribution in [0.15, 0.2) is 75.1 Å². The van der Waals surface area contributed by atoms with E-state index in [0.29, 0.717) is 19.0 Å². The average molecular weight is 434 g/mol. The molecule has 2 aliphatic rings. The first-order valence-electron chi connectivity index (χ1n) is 10.7. The van der Waals surface area contributed by atoms with Crippen molar-refractivity contribution in [3.8, 4) is 0 Å². The molecule has 8 nitrogen and oxygen atoms in total. The second kappa shape index (κ2) is 10.6. The van der Waals surface area contributed by atoms with Crippen molar-refractivity contribution < 1.29 is 18.7 Å². The Balaban J connectivity index is 1.44. The largest absolute Gasteiger partial charge is 0.467 e. The van der Waals surface area contributed by atoms with Crippen LogP contribution in [0.2, 0.25) is 0 Å². The normalized spacial score (nSPS) is 17.9. The summed E-state index contributed by atoms with van der Waals surface area (Å²) < 4.78 is 10.6. The third-order valence-corrected chi connectivity index (χ3v) is 5.34. The van der Waals surface area contributed by atoms with Crippen LogP contribution in [-0.2, 0) is 20.9 Å². The van der Waals surface area contributed by atoms with E-state index in [2.05, 4.69) is 39.0 Å². The molecule has 2 N–H and O–H groups in total. The van der Waals surface area contributed by atoms with Crippen LogP contribution >= 0.6 is 0 Å². The van der Waals surface area contributed by atoms with Crippen molar-refractivity contribution in [2.24, 2.45) is 5.10 Å². The number of furan rings is 1. The van der Waals surface area contributed by atoms with Crippen LogP contribution < -0.4 is 10.7 Å². The van der Waals surface area contributed by atoms with Gasteiger partial charge in [0.15, 0.2) is 0 Å². The Labute approximate surface area is 186 Å². The number of rotatable bonds is 6. The molecule has 2 aromatic rings. The van der Waals surface area contributed by atoms with Crippen LogP contribution in [0, 0.1) is 0 Å². The summed E-state index contributed by atoms with van der Waals surface area (Å²) >= 11 is 0. The number of hydrazone groups is 1. The predicted octanol–water partition coefficient (Wildman–Crippen LogP) is 2.46. The van der Waals surface area contributed by atoms with Crippen LogP contribution in [0.5, 0.6) is 0 Å². The third kappa shape index (κ3) is 5.53. The van der Waals surface area contributed by atoms with E-state index in [9.17, 15) is 9.59 Å². The van der Waals surface area contributed by atoms with Gasteiger partial charge in [-0.05, 0) is 47.8 Å². The lowest BCUT2D eigenvalue weighted by Gasteiger charge is -2.31. The predicted molar refractivity (Wildman–Crippen MR) is 120 cm³/mol. The van der Waals surface area contributed by atoms with Gasteiger partial charge in [0.1, 0.15) is 5.76 Å². The molecule has 0 unspecified atom stereocenters. The molecule has 4 rings (SSSR count). The fourth-order valence-corrected chi connectivity index (χ4v) is 3.80. The first-order valence-corrected chi connectivity index (χ1v) is 10.7. The Morgan fingerprint density at radius 3 is 2.59 bits per heavy atom. The molecule has 0 radical (unpaired) electrons. The van der Waals surface area contributed by atoms with E-state index in [0.717, 1.165) is 42.8 Å². The Morgan fingerprint density at radius 1 is 1.03 bits per heavy atom. The van der Waals surface area contributed by atoms with E-state index >= 15 is 0 Å². The molecule has 0 bridgehead atoms. The first kappa shape index (κ1) is 21.6. The summed E-state index contributed by atoms with van der Waals surface area (Å²) in [5.41, 5.74) is 6.87. The molecule has 32 heavy (non-hydrogen) atoms. The quantitative estimate of drug-likeness (QED) is 0.414. The fourth-order valence-electron chi connectivity index (χ4n) is 3.80. The summed E-state index contributed by atoms with van der Waals surface area (Å²) in [5, 5.41) is 6.55. The minimum Gasteiger partial charge on any atom is -0.467 e. The number of benzene rings is 1. The SMILES string of the molecule is O=C(NCc1ccco1)C(=O)N/N=C/C1=C(N2CCOCC2)C(=C\c2ccccc2)/CC1. The van der Waals surface area contributed by atoms with Crippen molar-refractivity contribution in [3.05, 3.63) is 76.9 Å². The molecule has 0 saturated carbocycles. The van der Waals surface area contributed by atoms with Crippen molar-refractivity contribution in [1.29, 1.82) is 0 Å². The standard InChI is InChI=1S/C24H26N4O4/c29-23(25-17-21-7-4-12-32-21)24(30)27-26-16-20-9-8-19(15-18-5-2-1-3-6-18)22(20)28-10-13-31-14-11-28/h1-7,12,15-16H,8-11,13-14,17H2,(H,25,29)(H,27,30)/b19-15-,26-16+. The maximum Gasteiger partial charge on any atom is 0.329 e. The number of carbonyl (C=O) groups is 2. The van der Waals surface area contributed by atoms with Crippen molar-refractivity contribution in [2.75, 3.05) is 26.3 Å². The molecule has 2 heterocycles. The molecule has 1 saturated heterocycles. The molecule has 1 aliphatic heterocycles. The fraction of sp³-hybridized carbons (Fsp3) is 0.292. The maximum atomic E-state index is 12.0. The summed E-state index contributed by atoms with van der Waals surface area (Å²) in [7, 11) is 0. The van der Waals surface area contributed by atoms with Crippen LogP contribution in [0.3, 0.4) is 0 Å². The zero-order valence-corrected chi connectivity index (χ0v) is 17.8. The second-order valence-electron chi connectivity index (χ2n) is 7.51. The lowest BCUT2D eigenvalue weighted by Crippen LogP contribution is -2.37. The lowest BCUT2D eigenvalue weighted by molar-refractivity contribution is -0.139. The molecule has 166 valence electrons. The number of amides is 2. The second-order valence-corrected chi connectivity index (χ2v) is 7.51. The molecular weight excluding hydrogens is 408 g/mol. The highest BCUT2D eigenvalue weighted by Crippen LogP contribution is 2.34. The molecule has 1 fully saturated rings. The van der Waals surface area contributed by atoms with E-state index in [-0.39, 0.29) is 6.54 Å². The Hall–Kier alpha value is -3.65. The van der Waals surface area contributed by atoms with Gasteiger partial charge < -0.3 is 19.4 Å².